The summed E-state index contributed by atoms with van der Waals surface area (Å²) in [5.41, 5.74) is 1.13. The molecule has 0 saturated heterocycles. The Hall–Kier alpha value is -2.29. The molecule has 19 heavy (non-hydrogen) atoms. The molecule has 102 valence electrons. The highest BCUT2D eigenvalue weighted by molar-refractivity contribution is 6.03. The number of methoxy groups -OCH3 is 2. The van der Waals surface area contributed by atoms with Gasteiger partial charge < -0.3 is 14.4 Å². The molecule has 0 bridgehead atoms. The fourth-order valence-corrected chi connectivity index (χ4v) is 1.98. The molecule has 0 aromatic heterocycles. The number of hydrogen-bond acceptors (Lipinski definition) is 6. The van der Waals surface area contributed by atoms with E-state index in [9.17, 15) is 9.59 Å². The van der Waals surface area contributed by atoms with Gasteiger partial charge >= 0.3 is 11.9 Å². The van der Waals surface area contributed by atoms with Crippen LogP contribution in [0.1, 0.15) is 13.3 Å². The molecule has 0 radical (unpaired) electrons. The minimum Gasteiger partial charge on any atom is -0.466 e. The summed E-state index contributed by atoms with van der Waals surface area (Å²) in [4.78, 5) is 25.3. The van der Waals surface area contributed by atoms with Crippen LogP contribution < -0.4 is 0 Å². The van der Waals surface area contributed by atoms with Crippen LogP contribution in [0.4, 0.5) is 0 Å². The maximum absolute atomic E-state index is 11.9. The Morgan fingerprint density at radius 2 is 1.84 bits per heavy atom. The van der Waals surface area contributed by atoms with Crippen LogP contribution in [0.15, 0.2) is 22.4 Å². The number of ether oxygens (including phenoxy) is 2. The first kappa shape index (κ1) is 14.8. The van der Waals surface area contributed by atoms with Gasteiger partial charge in [0.1, 0.15) is 0 Å². The first-order chi connectivity index (χ1) is 8.97. The fraction of sp³-hybridized carbons (Fsp3) is 0.462. The Labute approximate surface area is 111 Å². The Balaban J connectivity index is 3.47. The fourth-order valence-electron chi connectivity index (χ4n) is 1.98. The van der Waals surface area contributed by atoms with Crippen LogP contribution in [0.25, 0.3) is 0 Å². The van der Waals surface area contributed by atoms with Gasteiger partial charge in [0.2, 0.25) is 0 Å². The molecule has 0 amide bonds. The number of hydrogen-bond donors (Lipinski definition) is 0. The zero-order chi connectivity index (χ0) is 14.6. The van der Waals surface area contributed by atoms with Gasteiger partial charge in [-0.1, -0.05) is 0 Å². The van der Waals surface area contributed by atoms with Crippen molar-refractivity contribution in [3.8, 4) is 6.07 Å². The van der Waals surface area contributed by atoms with Crippen molar-refractivity contribution >= 4 is 11.9 Å². The topological polar surface area (TPSA) is 79.6 Å². The van der Waals surface area contributed by atoms with Crippen molar-refractivity contribution in [2.45, 2.75) is 13.3 Å². The molecule has 1 aliphatic heterocycles. The largest absolute Gasteiger partial charge is 0.466 e. The second kappa shape index (κ2) is 6.05. The maximum atomic E-state index is 11.9. The van der Waals surface area contributed by atoms with E-state index in [0.29, 0.717) is 24.2 Å². The molecular weight excluding hydrogens is 248 g/mol. The van der Waals surface area contributed by atoms with Crippen LogP contribution in [0.5, 0.6) is 0 Å². The van der Waals surface area contributed by atoms with E-state index in [1.165, 1.54) is 21.1 Å². The molecule has 0 atom stereocenters. The van der Waals surface area contributed by atoms with E-state index in [4.69, 9.17) is 10.00 Å². The molecule has 0 aliphatic carbocycles. The van der Waals surface area contributed by atoms with Crippen LogP contribution in [-0.4, -0.2) is 44.7 Å². The SMILES string of the molecule is COC(=O)/C(C)=C(\C(=O)OC)C1=C(C#N)CCN1C. The highest BCUT2D eigenvalue weighted by Gasteiger charge is 2.30. The van der Waals surface area contributed by atoms with Gasteiger partial charge in [-0.2, -0.15) is 5.26 Å². The van der Waals surface area contributed by atoms with Crippen LogP contribution >= 0.6 is 0 Å². The molecule has 0 aromatic rings. The van der Waals surface area contributed by atoms with E-state index in [1.807, 2.05) is 0 Å². The van der Waals surface area contributed by atoms with E-state index in [1.54, 1.807) is 11.9 Å². The zero-order valence-electron chi connectivity index (χ0n) is 11.4. The molecule has 1 heterocycles. The summed E-state index contributed by atoms with van der Waals surface area (Å²) in [5.74, 6) is -1.27. The van der Waals surface area contributed by atoms with Crippen molar-refractivity contribution in [1.29, 1.82) is 5.26 Å². The Morgan fingerprint density at radius 3 is 2.32 bits per heavy atom. The summed E-state index contributed by atoms with van der Waals surface area (Å²) in [6.45, 7) is 2.10. The number of nitriles is 1. The number of esters is 2. The lowest BCUT2D eigenvalue weighted by Crippen LogP contribution is -2.22. The molecule has 0 aromatic carbocycles. The number of rotatable bonds is 3. The Morgan fingerprint density at radius 1 is 1.26 bits per heavy atom. The monoisotopic (exact) mass is 264 g/mol. The van der Waals surface area contributed by atoms with Crippen molar-refractivity contribution in [2.24, 2.45) is 0 Å². The molecule has 0 saturated carbocycles. The van der Waals surface area contributed by atoms with Crippen LogP contribution in [-0.2, 0) is 19.1 Å². The van der Waals surface area contributed by atoms with E-state index in [0.717, 1.165) is 0 Å². The minimum absolute atomic E-state index is 0.0888. The second-order valence-electron chi connectivity index (χ2n) is 4.09. The average molecular weight is 264 g/mol. The number of carbonyl (C=O) groups is 2. The molecule has 1 aliphatic rings. The van der Waals surface area contributed by atoms with Crippen LogP contribution in [0.2, 0.25) is 0 Å². The summed E-state index contributed by atoms with van der Waals surface area (Å²) in [6, 6.07) is 2.06. The normalized spacial score (nSPS) is 15.8. The van der Waals surface area contributed by atoms with Gasteiger partial charge in [-0.3, -0.25) is 0 Å². The Bertz CT molecular complexity index is 511. The predicted molar refractivity (Wildman–Crippen MR) is 66.6 cm³/mol. The predicted octanol–water partition coefficient (Wildman–Crippen LogP) is 0.762. The van der Waals surface area contributed by atoms with Gasteiger partial charge in [-0.15, -0.1) is 0 Å². The summed E-state index contributed by atoms with van der Waals surface area (Å²) >= 11 is 0. The van der Waals surface area contributed by atoms with Crippen molar-refractivity contribution < 1.29 is 19.1 Å². The molecule has 6 nitrogen and oxygen atoms in total. The smallest absolute Gasteiger partial charge is 0.340 e. The van der Waals surface area contributed by atoms with E-state index in [-0.39, 0.29) is 11.1 Å². The number of carbonyl (C=O) groups excluding carboxylic acids is 2. The van der Waals surface area contributed by atoms with Crippen molar-refractivity contribution in [3.05, 3.63) is 22.4 Å². The van der Waals surface area contributed by atoms with Crippen LogP contribution in [0, 0.1) is 11.3 Å². The summed E-state index contributed by atoms with van der Waals surface area (Å²) in [6.07, 6.45) is 0.539. The third-order valence-corrected chi connectivity index (χ3v) is 2.99. The Kier molecular flexibility index (Phi) is 4.70. The summed E-state index contributed by atoms with van der Waals surface area (Å²) in [7, 11) is 4.22. The number of nitrogens with zero attached hydrogens (tertiary/aromatic N) is 2. The maximum Gasteiger partial charge on any atom is 0.340 e. The van der Waals surface area contributed by atoms with E-state index in [2.05, 4.69) is 10.8 Å². The van der Waals surface area contributed by atoms with Crippen molar-refractivity contribution in [2.75, 3.05) is 27.8 Å². The highest BCUT2D eigenvalue weighted by Crippen LogP contribution is 2.30. The second-order valence-corrected chi connectivity index (χ2v) is 4.09. The molecule has 0 N–H and O–H groups in total. The lowest BCUT2D eigenvalue weighted by Gasteiger charge is -2.19. The third kappa shape index (κ3) is 2.76. The van der Waals surface area contributed by atoms with Gasteiger partial charge in [0, 0.05) is 20.0 Å². The van der Waals surface area contributed by atoms with Crippen molar-refractivity contribution in [3.63, 3.8) is 0 Å². The van der Waals surface area contributed by atoms with Gasteiger partial charge in [0.15, 0.2) is 0 Å². The molecule has 0 spiro atoms. The van der Waals surface area contributed by atoms with Gasteiger partial charge in [0.05, 0.1) is 42.7 Å². The van der Waals surface area contributed by atoms with Gasteiger partial charge in [-0.25, -0.2) is 9.59 Å². The quantitative estimate of drug-likeness (QED) is 0.553. The molecule has 1 rings (SSSR count). The zero-order valence-corrected chi connectivity index (χ0v) is 11.4. The standard InChI is InChI=1S/C13H16N2O4/c1-8(12(16)18-3)10(13(17)19-4)11-9(7-14)5-6-15(11)2/h5-6H2,1-4H3/b10-8-. The van der Waals surface area contributed by atoms with Crippen LogP contribution in [0.3, 0.4) is 0 Å². The first-order valence-corrected chi connectivity index (χ1v) is 5.70. The first-order valence-electron chi connectivity index (χ1n) is 5.70. The molecule has 6 heteroatoms. The minimum atomic E-state index is -0.653. The van der Waals surface area contributed by atoms with E-state index >= 15 is 0 Å². The number of likely N-dealkylation sites (N-methyl/N-ethyl adjacent to an activating group) is 1. The molecule has 0 unspecified atom stereocenters. The van der Waals surface area contributed by atoms with E-state index < -0.39 is 11.9 Å². The summed E-state index contributed by atoms with van der Waals surface area (Å²) in [5, 5.41) is 9.11. The molecule has 0 fully saturated rings. The van der Waals surface area contributed by atoms with Gasteiger partial charge in [0.25, 0.3) is 0 Å². The lowest BCUT2D eigenvalue weighted by molar-refractivity contribution is -0.139. The highest BCUT2D eigenvalue weighted by atomic mass is 16.5. The lowest BCUT2D eigenvalue weighted by atomic mass is 10.0. The molecular formula is C13H16N2O4. The average Bonchev–Trinajstić information content (AvgIpc) is 2.79. The van der Waals surface area contributed by atoms with Gasteiger partial charge in [-0.05, 0) is 6.92 Å². The third-order valence-electron chi connectivity index (χ3n) is 2.99. The summed E-state index contributed by atoms with van der Waals surface area (Å²) < 4.78 is 9.33. The van der Waals surface area contributed by atoms with Crippen molar-refractivity contribution in [1.82, 2.24) is 4.90 Å².